The Labute approximate surface area is 195 Å². The van der Waals surface area contributed by atoms with Crippen molar-refractivity contribution in [3.05, 3.63) is 70.7 Å². The van der Waals surface area contributed by atoms with Crippen LogP contribution < -0.4 is 16.1 Å². The molecule has 0 atom stereocenters. The van der Waals surface area contributed by atoms with Gasteiger partial charge in [0.1, 0.15) is 17.4 Å². The number of halogens is 3. The molecule has 1 amide bonds. The van der Waals surface area contributed by atoms with Gasteiger partial charge in [0.15, 0.2) is 16.8 Å². The van der Waals surface area contributed by atoms with E-state index in [4.69, 9.17) is 4.42 Å². The second-order valence-corrected chi connectivity index (χ2v) is 9.00. The Bertz CT molecular complexity index is 1290. The third-order valence-electron chi connectivity index (χ3n) is 5.23. The van der Waals surface area contributed by atoms with Crippen LogP contribution in [0.5, 0.6) is 0 Å². The van der Waals surface area contributed by atoms with Gasteiger partial charge < -0.3 is 15.1 Å². The van der Waals surface area contributed by atoms with E-state index in [9.17, 15) is 22.8 Å². The molecule has 0 spiro atoms. The first kappa shape index (κ1) is 25.1. The van der Waals surface area contributed by atoms with Crippen LogP contribution in [0.25, 0.3) is 22.3 Å². The standard InChI is InChI=1S/C26H27F3N2O3/c1-5-6-7-8-11-30-23-17(28)13-18(29)24-22(23)20(32)14-21(34-24)15-9-10-19(16(27)12-15)31-25(33)26(2,3)4/h5,9-10,12-14,30H,1,6-8,11H2,2-4H3,(H,31,33). The highest BCUT2D eigenvalue weighted by molar-refractivity contribution is 5.95. The summed E-state index contributed by atoms with van der Waals surface area (Å²) in [5.74, 6) is -3.16. The molecule has 0 bridgehead atoms. The quantitative estimate of drug-likeness (QED) is 0.285. The molecule has 0 saturated heterocycles. The Hall–Kier alpha value is -3.55. The average Bonchev–Trinajstić information content (AvgIpc) is 2.76. The molecule has 0 fully saturated rings. The third-order valence-corrected chi connectivity index (χ3v) is 5.23. The topological polar surface area (TPSA) is 71.3 Å². The summed E-state index contributed by atoms with van der Waals surface area (Å²) in [7, 11) is 0. The minimum absolute atomic E-state index is 0.0389. The van der Waals surface area contributed by atoms with Crippen molar-refractivity contribution in [3.63, 3.8) is 0 Å². The molecule has 1 aromatic heterocycles. The fourth-order valence-electron chi connectivity index (χ4n) is 3.29. The molecule has 5 nitrogen and oxygen atoms in total. The first-order valence-corrected chi connectivity index (χ1v) is 10.9. The van der Waals surface area contributed by atoms with Crippen molar-refractivity contribution in [2.75, 3.05) is 17.2 Å². The molecular formula is C26H27F3N2O3. The number of hydrogen-bond acceptors (Lipinski definition) is 4. The summed E-state index contributed by atoms with van der Waals surface area (Å²) in [5.41, 5.74) is -1.84. The fourth-order valence-corrected chi connectivity index (χ4v) is 3.29. The number of unbranched alkanes of at least 4 members (excludes halogenated alkanes) is 2. The van der Waals surface area contributed by atoms with Crippen LogP contribution in [0.4, 0.5) is 24.5 Å². The minimum Gasteiger partial charge on any atom is -0.453 e. The number of carbonyl (C=O) groups excluding carboxylic acids is 1. The van der Waals surface area contributed by atoms with Crippen LogP contribution in [0.1, 0.15) is 40.0 Å². The van der Waals surface area contributed by atoms with E-state index in [0.29, 0.717) is 19.0 Å². The van der Waals surface area contributed by atoms with Gasteiger partial charge >= 0.3 is 0 Å². The normalized spacial score (nSPS) is 11.5. The Morgan fingerprint density at radius 1 is 1.06 bits per heavy atom. The van der Waals surface area contributed by atoms with Crippen LogP contribution in [0.15, 0.2) is 52.2 Å². The van der Waals surface area contributed by atoms with Gasteiger partial charge in [0.25, 0.3) is 0 Å². The number of amides is 1. The monoisotopic (exact) mass is 472 g/mol. The molecule has 2 aromatic carbocycles. The predicted molar refractivity (Wildman–Crippen MR) is 128 cm³/mol. The van der Waals surface area contributed by atoms with Gasteiger partial charge in [-0.05, 0) is 37.5 Å². The van der Waals surface area contributed by atoms with E-state index >= 15 is 0 Å². The second-order valence-electron chi connectivity index (χ2n) is 9.00. The maximum atomic E-state index is 14.6. The number of fused-ring (bicyclic) bond motifs is 1. The van der Waals surface area contributed by atoms with Gasteiger partial charge in [-0.15, -0.1) is 6.58 Å². The zero-order valence-electron chi connectivity index (χ0n) is 19.4. The van der Waals surface area contributed by atoms with E-state index in [-0.39, 0.29) is 34.0 Å². The molecular weight excluding hydrogens is 445 g/mol. The molecule has 0 saturated carbocycles. The molecule has 0 unspecified atom stereocenters. The van der Waals surface area contributed by atoms with Crippen molar-refractivity contribution < 1.29 is 22.4 Å². The van der Waals surface area contributed by atoms with E-state index in [2.05, 4.69) is 17.2 Å². The Kier molecular flexibility index (Phi) is 7.49. The lowest BCUT2D eigenvalue weighted by atomic mass is 9.95. The number of hydrogen-bond donors (Lipinski definition) is 2. The van der Waals surface area contributed by atoms with Crippen molar-refractivity contribution in [2.24, 2.45) is 5.41 Å². The van der Waals surface area contributed by atoms with E-state index in [1.165, 1.54) is 12.1 Å². The molecule has 34 heavy (non-hydrogen) atoms. The number of anilines is 2. The molecule has 0 aliphatic heterocycles. The zero-order valence-corrected chi connectivity index (χ0v) is 19.4. The molecule has 0 aliphatic carbocycles. The highest BCUT2D eigenvalue weighted by atomic mass is 19.1. The first-order chi connectivity index (χ1) is 16.0. The molecule has 0 radical (unpaired) electrons. The number of benzene rings is 2. The van der Waals surface area contributed by atoms with E-state index in [1.54, 1.807) is 26.8 Å². The SMILES string of the molecule is C=CCCCCNc1c(F)cc(F)c2oc(-c3ccc(NC(=O)C(C)(C)C)c(F)c3)cc(=O)c12. The highest BCUT2D eigenvalue weighted by Gasteiger charge is 2.23. The molecule has 2 N–H and O–H groups in total. The van der Waals surface area contributed by atoms with Gasteiger partial charge in [-0.3, -0.25) is 9.59 Å². The molecule has 0 aliphatic rings. The van der Waals surface area contributed by atoms with Crippen LogP contribution in [-0.4, -0.2) is 12.5 Å². The third kappa shape index (κ3) is 5.50. The number of carbonyl (C=O) groups is 1. The van der Waals surface area contributed by atoms with E-state index in [1.807, 2.05) is 0 Å². The van der Waals surface area contributed by atoms with Gasteiger partial charge in [0.2, 0.25) is 5.91 Å². The van der Waals surface area contributed by atoms with Gasteiger partial charge in [-0.2, -0.15) is 0 Å². The predicted octanol–water partition coefficient (Wildman–Crippen LogP) is 6.63. The van der Waals surface area contributed by atoms with Crippen LogP contribution >= 0.6 is 0 Å². The van der Waals surface area contributed by atoms with Gasteiger partial charge in [0, 0.05) is 29.7 Å². The van der Waals surface area contributed by atoms with Gasteiger partial charge in [-0.25, -0.2) is 13.2 Å². The smallest absolute Gasteiger partial charge is 0.229 e. The summed E-state index contributed by atoms with van der Waals surface area (Å²) < 4.78 is 49.2. The Morgan fingerprint density at radius 3 is 2.44 bits per heavy atom. The van der Waals surface area contributed by atoms with Crippen LogP contribution in [0.3, 0.4) is 0 Å². The van der Waals surface area contributed by atoms with E-state index in [0.717, 1.165) is 25.0 Å². The van der Waals surface area contributed by atoms with Crippen molar-refractivity contribution in [2.45, 2.75) is 40.0 Å². The lowest BCUT2D eigenvalue weighted by molar-refractivity contribution is -0.123. The number of nitrogens with one attached hydrogen (secondary N) is 2. The number of rotatable bonds is 8. The van der Waals surface area contributed by atoms with Crippen LogP contribution in [0.2, 0.25) is 0 Å². The van der Waals surface area contributed by atoms with Gasteiger partial charge in [-0.1, -0.05) is 26.8 Å². The molecule has 3 aromatic rings. The highest BCUT2D eigenvalue weighted by Crippen LogP contribution is 2.31. The number of allylic oxidation sites excluding steroid dienone is 1. The van der Waals surface area contributed by atoms with Crippen LogP contribution in [-0.2, 0) is 4.79 Å². The molecule has 1 heterocycles. The zero-order chi connectivity index (χ0) is 25.0. The van der Waals surface area contributed by atoms with E-state index < -0.39 is 33.9 Å². The van der Waals surface area contributed by atoms with Crippen molar-refractivity contribution in [3.8, 4) is 11.3 Å². The summed E-state index contributed by atoms with van der Waals surface area (Å²) in [5, 5.41) is 5.11. The Balaban J connectivity index is 1.97. The molecule has 8 heteroatoms. The Morgan fingerprint density at radius 2 is 1.79 bits per heavy atom. The van der Waals surface area contributed by atoms with Crippen molar-refractivity contribution in [1.82, 2.24) is 0 Å². The average molecular weight is 473 g/mol. The summed E-state index contributed by atoms with van der Waals surface area (Å²) in [6.45, 7) is 9.10. The summed E-state index contributed by atoms with van der Waals surface area (Å²) in [4.78, 5) is 25.0. The van der Waals surface area contributed by atoms with Crippen molar-refractivity contribution in [1.29, 1.82) is 0 Å². The second kappa shape index (κ2) is 10.2. The maximum absolute atomic E-state index is 14.6. The molecule has 3 rings (SSSR count). The fraction of sp³-hybridized carbons (Fsp3) is 0.308. The first-order valence-electron chi connectivity index (χ1n) is 10.9. The van der Waals surface area contributed by atoms with Crippen LogP contribution in [0, 0.1) is 22.9 Å². The summed E-state index contributed by atoms with van der Waals surface area (Å²) in [6.07, 6.45) is 4.10. The summed E-state index contributed by atoms with van der Waals surface area (Å²) >= 11 is 0. The molecule has 180 valence electrons. The van der Waals surface area contributed by atoms with Crippen molar-refractivity contribution >= 4 is 28.3 Å². The maximum Gasteiger partial charge on any atom is 0.229 e. The minimum atomic E-state index is -1.04. The largest absolute Gasteiger partial charge is 0.453 e. The lowest BCUT2D eigenvalue weighted by Gasteiger charge is -2.18. The van der Waals surface area contributed by atoms with Gasteiger partial charge in [0.05, 0.1) is 16.8 Å². The summed E-state index contributed by atoms with van der Waals surface area (Å²) in [6, 6.07) is 5.54. The lowest BCUT2D eigenvalue weighted by Crippen LogP contribution is -2.28.